The fourth-order valence-electron chi connectivity index (χ4n) is 5.12. The monoisotopic (exact) mass is 524 g/mol. The molecule has 1 saturated heterocycles. The normalized spacial score (nSPS) is 17.1. The van der Waals surface area contributed by atoms with Gasteiger partial charge in [-0.1, -0.05) is 84.6 Å². The van der Waals surface area contributed by atoms with Gasteiger partial charge in [0.2, 0.25) is 5.91 Å². The van der Waals surface area contributed by atoms with Gasteiger partial charge in [0.05, 0.1) is 23.2 Å². The molecule has 38 heavy (non-hydrogen) atoms. The summed E-state index contributed by atoms with van der Waals surface area (Å²) in [6.45, 7) is 2.74. The Hall–Kier alpha value is -3.84. The van der Waals surface area contributed by atoms with Crippen LogP contribution in [0, 0.1) is 0 Å². The first-order valence-electron chi connectivity index (χ1n) is 12.9. The molecule has 1 fully saturated rings. The maximum Gasteiger partial charge on any atom is 0.253 e. The topological polar surface area (TPSA) is 65.0 Å². The van der Waals surface area contributed by atoms with Gasteiger partial charge in [0.1, 0.15) is 0 Å². The highest BCUT2D eigenvalue weighted by molar-refractivity contribution is 8.13. The van der Waals surface area contributed by atoms with Crippen molar-refractivity contribution in [2.75, 3.05) is 31.7 Å². The fraction of sp³-hybridized carbons (Fsp3) is 0.258. The average molecular weight is 525 g/mol. The number of carbonyl (C=O) groups excluding carboxylic acids is 2. The van der Waals surface area contributed by atoms with E-state index in [1.165, 1.54) is 0 Å². The first-order chi connectivity index (χ1) is 18.4. The largest absolute Gasteiger partial charge is 0.345 e. The van der Waals surface area contributed by atoms with Crippen LogP contribution in [0.15, 0.2) is 101 Å². The lowest BCUT2D eigenvalue weighted by molar-refractivity contribution is -0.125. The van der Waals surface area contributed by atoms with E-state index in [4.69, 9.17) is 4.99 Å². The molecule has 0 radical (unpaired) electrons. The van der Waals surface area contributed by atoms with E-state index < -0.39 is 5.92 Å². The van der Waals surface area contributed by atoms with Gasteiger partial charge in [-0.15, -0.1) is 0 Å². The van der Waals surface area contributed by atoms with Crippen molar-refractivity contribution in [1.29, 1.82) is 0 Å². The molecule has 2 aliphatic rings. The van der Waals surface area contributed by atoms with E-state index in [0.717, 1.165) is 46.3 Å². The third kappa shape index (κ3) is 5.24. The summed E-state index contributed by atoms with van der Waals surface area (Å²) in [5.74, 6) is 0.424. The SMILES string of the molecule is CC1=C(C(=O)N(C)C)[C@H](c2cccc(NC(=O)C(c3ccccc3)c3ccccc3)c2)N2CCCSC2=N1. The molecule has 7 heteroatoms. The standard InChI is InChI=1S/C31H32N4O2S/c1-21-26(30(37)34(2)3)28(35-18-11-19-38-31(35)32-21)24-16-10-17-25(20-24)33-29(36)27(22-12-6-4-7-13-22)23-14-8-5-9-15-23/h4-10,12-17,20,27-28H,11,18-19H2,1-3H3,(H,33,36)/t28-/m0/s1. The molecule has 194 valence electrons. The second-order valence-corrected chi connectivity index (χ2v) is 10.8. The van der Waals surface area contributed by atoms with Crippen molar-refractivity contribution in [3.8, 4) is 0 Å². The number of hydrogen-bond acceptors (Lipinski definition) is 5. The lowest BCUT2D eigenvalue weighted by Crippen LogP contribution is -2.43. The summed E-state index contributed by atoms with van der Waals surface area (Å²) >= 11 is 1.73. The smallest absolute Gasteiger partial charge is 0.253 e. The molecular formula is C31H32N4O2S. The van der Waals surface area contributed by atoms with Gasteiger partial charge in [-0.3, -0.25) is 9.59 Å². The zero-order chi connectivity index (χ0) is 26.6. The van der Waals surface area contributed by atoms with Crippen LogP contribution in [0.3, 0.4) is 0 Å². The Bertz CT molecular complexity index is 1350. The molecule has 0 saturated carbocycles. The van der Waals surface area contributed by atoms with E-state index >= 15 is 0 Å². The summed E-state index contributed by atoms with van der Waals surface area (Å²) in [5.41, 5.74) is 4.95. The third-order valence-electron chi connectivity index (χ3n) is 6.89. The molecule has 2 aliphatic heterocycles. The van der Waals surface area contributed by atoms with Gasteiger partial charge in [-0.05, 0) is 42.2 Å². The molecule has 3 aromatic carbocycles. The molecular weight excluding hydrogens is 492 g/mol. The summed E-state index contributed by atoms with van der Waals surface area (Å²) in [6.07, 6.45) is 1.02. The van der Waals surface area contributed by atoms with Gasteiger partial charge in [0.25, 0.3) is 5.91 Å². The van der Waals surface area contributed by atoms with Crippen molar-refractivity contribution in [2.24, 2.45) is 4.99 Å². The second kappa shape index (κ2) is 11.3. The van der Waals surface area contributed by atoms with Crippen LogP contribution in [0.5, 0.6) is 0 Å². The number of nitrogens with one attached hydrogen (secondary N) is 1. The molecule has 1 atom stereocenters. The highest BCUT2D eigenvalue weighted by Gasteiger charge is 2.37. The van der Waals surface area contributed by atoms with E-state index in [9.17, 15) is 9.59 Å². The van der Waals surface area contributed by atoms with Gasteiger partial charge in [-0.25, -0.2) is 4.99 Å². The van der Waals surface area contributed by atoms with Crippen molar-refractivity contribution in [3.05, 3.63) is 113 Å². The molecule has 0 spiro atoms. The van der Waals surface area contributed by atoms with Crippen LogP contribution in [0.4, 0.5) is 5.69 Å². The molecule has 0 aromatic heterocycles. The number of nitrogens with zero attached hydrogens (tertiary/aromatic N) is 3. The molecule has 0 unspecified atom stereocenters. The molecule has 6 nitrogen and oxygen atoms in total. The van der Waals surface area contributed by atoms with E-state index in [1.54, 1.807) is 30.8 Å². The van der Waals surface area contributed by atoms with Crippen molar-refractivity contribution in [2.45, 2.75) is 25.3 Å². The lowest BCUT2D eigenvalue weighted by Gasteiger charge is -2.41. The van der Waals surface area contributed by atoms with Crippen molar-refractivity contribution in [1.82, 2.24) is 9.80 Å². The fourth-order valence-corrected chi connectivity index (χ4v) is 6.14. The number of amides is 2. The number of allylic oxidation sites excluding steroid dienone is 1. The predicted octanol–water partition coefficient (Wildman–Crippen LogP) is 5.67. The molecule has 0 bridgehead atoms. The van der Waals surface area contributed by atoms with Crippen LogP contribution in [0.2, 0.25) is 0 Å². The quantitative estimate of drug-likeness (QED) is 0.451. The summed E-state index contributed by atoms with van der Waals surface area (Å²) in [4.78, 5) is 35.7. The molecule has 2 amide bonds. The van der Waals surface area contributed by atoms with Crippen LogP contribution >= 0.6 is 11.8 Å². The Kier molecular flexibility index (Phi) is 7.65. The molecule has 5 rings (SSSR count). The predicted molar refractivity (Wildman–Crippen MR) is 155 cm³/mol. The number of carbonyl (C=O) groups is 2. The molecule has 0 aliphatic carbocycles. The van der Waals surface area contributed by atoms with Crippen LogP contribution < -0.4 is 5.32 Å². The van der Waals surface area contributed by atoms with Gasteiger partial charge < -0.3 is 15.1 Å². The summed E-state index contributed by atoms with van der Waals surface area (Å²) in [6, 6.07) is 27.3. The number of aliphatic imine (C=N–C) groups is 1. The number of amidine groups is 1. The molecule has 1 N–H and O–H groups in total. The highest BCUT2D eigenvalue weighted by atomic mass is 32.2. The summed E-state index contributed by atoms with van der Waals surface area (Å²) < 4.78 is 0. The number of hydrogen-bond donors (Lipinski definition) is 1. The summed E-state index contributed by atoms with van der Waals surface area (Å²) in [7, 11) is 3.54. The first kappa shape index (κ1) is 25.8. The molecule has 2 heterocycles. The Morgan fingerprint density at radius 2 is 1.63 bits per heavy atom. The second-order valence-electron chi connectivity index (χ2n) is 9.76. The van der Waals surface area contributed by atoms with Crippen LogP contribution in [-0.2, 0) is 9.59 Å². The minimum Gasteiger partial charge on any atom is -0.345 e. The van der Waals surface area contributed by atoms with Crippen LogP contribution in [-0.4, -0.2) is 53.2 Å². The lowest BCUT2D eigenvalue weighted by atomic mass is 9.90. The van der Waals surface area contributed by atoms with E-state index in [2.05, 4.69) is 10.2 Å². The number of anilines is 1. The number of benzene rings is 3. The molecule has 3 aromatic rings. The third-order valence-corrected chi connectivity index (χ3v) is 7.97. The van der Waals surface area contributed by atoms with Crippen molar-refractivity contribution in [3.63, 3.8) is 0 Å². The van der Waals surface area contributed by atoms with Gasteiger partial charge in [-0.2, -0.15) is 0 Å². The number of thioether (sulfide) groups is 1. The zero-order valence-corrected chi connectivity index (χ0v) is 22.7. The van der Waals surface area contributed by atoms with Gasteiger partial charge >= 0.3 is 0 Å². The van der Waals surface area contributed by atoms with Gasteiger partial charge in [0.15, 0.2) is 5.17 Å². The number of likely N-dealkylation sites (N-methyl/N-ethyl adjacent to an activating group) is 1. The Labute approximate surface area is 228 Å². The maximum absolute atomic E-state index is 13.7. The highest BCUT2D eigenvalue weighted by Crippen LogP contribution is 2.40. The Morgan fingerprint density at radius 3 is 2.26 bits per heavy atom. The minimum absolute atomic E-state index is 0.0477. The minimum atomic E-state index is -0.444. The summed E-state index contributed by atoms with van der Waals surface area (Å²) in [5, 5.41) is 4.12. The van der Waals surface area contributed by atoms with E-state index in [0.29, 0.717) is 11.3 Å². The van der Waals surface area contributed by atoms with E-state index in [1.807, 2.05) is 91.9 Å². The Morgan fingerprint density at radius 1 is 0.974 bits per heavy atom. The van der Waals surface area contributed by atoms with Gasteiger partial charge in [0, 0.05) is 32.1 Å². The zero-order valence-electron chi connectivity index (χ0n) is 21.9. The van der Waals surface area contributed by atoms with Crippen molar-refractivity contribution >= 4 is 34.4 Å². The van der Waals surface area contributed by atoms with E-state index in [-0.39, 0.29) is 17.9 Å². The maximum atomic E-state index is 13.7. The van der Waals surface area contributed by atoms with Crippen LogP contribution in [0.25, 0.3) is 0 Å². The van der Waals surface area contributed by atoms with Crippen LogP contribution in [0.1, 0.15) is 42.0 Å². The first-order valence-corrected chi connectivity index (χ1v) is 13.8. The Balaban J connectivity index is 1.49. The van der Waals surface area contributed by atoms with Crippen molar-refractivity contribution < 1.29 is 9.59 Å². The average Bonchev–Trinajstić information content (AvgIpc) is 2.93. The number of fused-ring (bicyclic) bond motifs is 1. The number of rotatable bonds is 6.